The lowest BCUT2D eigenvalue weighted by molar-refractivity contribution is -0.139. The number of aliphatic carboxylic acids is 1. The first-order valence-electron chi connectivity index (χ1n) is 12.2. The van der Waals surface area contributed by atoms with Crippen molar-refractivity contribution < 1.29 is 23.1 Å². The predicted molar refractivity (Wildman–Crippen MR) is 158 cm³/mol. The summed E-state index contributed by atoms with van der Waals surface area (Å²) in [6, 6.07) is 23.3. The molecule has 0 radical (unpaired) electrons. The van der Waals surface area contributed by atoms with Gasteiger partial charge in [-0.15, -0.1) is 0 Å². The maximum Gasteiger partial charge on any atom is 0.326 e. The van der Waals surface area contributed by atoms with E-state index in [0.717, 1.165) is 11.1 Å². The van der Waals surface area contributed by atoms with Crippen molar-refractivity contribution in [2.24, 2.45) is 0 Å². The molecule has 0 aliphatic heterocycles. The van der Waals surface area contributed by atoms with E-state index in [1.165, 1.54) is 30.3 Å². The Morgan fingerprint density at radius 3 is 2.10 bits per heavy atom. The van der Waals surface area contributed by atoms with Gasteiger partial charge in [-0.3, -0.25) is 4.79 Å². The largest absolute Gasteiger partial charge is 0.480 e. The highest BCUT2D eigenvalue weighted by molar-refractivity contribution is 7.89. The molecule has 0 spiro atoms. The van der Waals surface area contributed by atoms with Crippen LogP contribution in [0.15, 0.2) is 95.9 Å². The molecule has 1 amide bonds. The number of carbonyl (C=O) groups excluding carboxylic acids is 1. The van der Waals surface area contributed by atoms with Crippen LogP contribution in [0.25, 0.3) is 16.0 Å². The molecule has 3 N–H and O–H groups in total. The average Bonchev–Trinajstić information content (AvgIpc) is 2.96. The first-order valence-corrected chi connectivity index (χ1v) is 14.4. The standard InChI is InChI=1S/C30H23Cl2N3O5S/c1-33-27-5-3-2-4-26(27)21-10-6-19(7-11-21)14-28(30(37)38)35-29(36)22-12-8-20(9-13-22)18-34-41(39,40)25-16-23(31)15-24(32)17-25/h2-13,15-17,28,34H,14,18H2,(H,35,36)(H,37,38)/t28-/m0/s1. The number of carboxylic acid groups (broad SMARTS) is 1. The first kappa shape index (κ1) is 29.8. The van der Waals surface area contributed by atoms with Crippen molar-refractivity contribution in [1.82, 2.24) is 10.0 Å². The van der Waals surface area contributed by atoms with Gasteiger partial charge < -0.3 is 10.4 Å². The summed E-state index contributed by atoms with van der Waals surface area (Å²) in [5, 5.41) is 12.6. The van der Waals surface area contributed by atoms with Crippen LogP contribution in [0.5, 0.6) is 0 Å². The maximum atomic E-state index is 12.8. The van der Waals surface area contributed by atoms with E-state index in [1.54, 1.807) is 36.4 Å². The maximum absolute atomic E-state index is 12.8. The third-order valence-electron chi connectivity index (χ3n) is 6.16. The fraction of sp³-hybridized carbons (Fsp3) is 0.100. The Hall–Kier alpha value is -4.20. The molecule has 0 aliphatic carbocycles. The van der Waals surface area contributed by atoms with E-state index in [0.29, 0.717) is 16.8 Å². The summed E-state index contributed by atoms with van der Waals surface area (Å²) in [5.41, 5.74) is 3.62. The van der Waals surface area contributed by atoms with Gasteiger partial charge in [-0.05, 0) is 52.6 Å². The highest BCUT2D eigenvalue weighted by atomic mass is 35.5. The molecule has 208 valence electrons. The van der Waals surface area contributed by atoms with Crippen molar-refractivity contribution in [1.29, 1.82) is 0 Å². The monoisotopic (exact) mass is 607 g/mol. The van der Waals surface area contributed by atoms with Gasteiger partial charge in [0.2, 0.25) is 10.0 Å². The second-order valence-electron chi connectivity index (χ2n) is 9.02. The van der Waals surface area contributed by atoms with Crippen LogP contribution < -0.4 is 10.0 Å². The van der Waals surface area contributed by atoms with Crippen molar-refractivity contribution in [3.8, 4) is 11.1 Å². The van der Waals surface area contributed by atoms with Crippen LogP contribution in [0, 0.1) is 6.57 Å². The van der Waals surface area contributed by atoms with E-state index >= 15 is 0 Å². The van der Waals surface area contributed by atoms with Gasteiger partial charge in [-0.2, -0.15) is 0 Å². The number of halogens is 2. The van der Waals surface area contributed by atoms with E-state index in [1.807, 2.05) is 24.3 Å². The molecule has 0 bridgehead atoms. The molecule has 4 aromatic rings. The number of carbonyl (C=O) groups is 2. The van der Waals surface area contributed by atoms with Crippen molar-refractivity contribution in [3.63, 3.8) is 0 Å². The number of sulfonamides is 1. The number of carboxylic acids is 1. The van der Waals surface area contributed by atoms with E-state index in [2.05, 4.69) is 14.9 Å². The zero-order valence-electron chi connectivity index (χ0n) is 21.3. The van der Waals surface area contributed by atoms with Crippen molar-refractivity contribution in [3.05, 3.63) is 129 Å². The lowest BCUT2D eigenvalue weighted by Gasteiger charge is -2.15. The van der Waals surface area contributed by atoms with Crippen LogP contribution >= 0.6 is 23.2 Å². The normalized spacial score (nSPS) is 11.8. The molecule has 0 aliphatic rings. The minimum Gasteiger partial charge on any atom is -0.480 e. The molecule has 4 rings (SSSR count). The molecule has 41 heavy (non-hydrogen) atoms. The van der Waals surface area contributed by atoms with E-state index in [9.17, 15) is 23.1 Å². The average molecular weight is 609 g/mol. The van der Waals surface area contributed by atoms with Crippen molar-refractivity contribution in [2.75, 3.05) is 0 Å². The van der Waals surface area contributed by atoms with E-state index < -0.39 is 27.9 Å². The van der Waals surface area contributed by atoms with Gasteiger partial charge >= 0.3 is 5.97 Å². The molecule has 11 heteroatoms. The van der Waals surface area contributed by atoms with Crippen LogP contribution in [-0.2, 0) is 27.8 Å². The van der Waals surface area contributed by atoms with E-state index in [-0.39, 0.29) is 33.5 Å². The van der Waals surface area contributed by atoms with Crippen LogP contribution in [0.1, 0.15) is 21.5 Å². The highest BCUT2D eigenvalue weighted by Crippen LogP contribution is 2.30. The molecular weight excluding hydrogens is 585 g/mol. The lowest BCUT2D eigenvalue weighted by Crippen LogP contribution is -2.42. The highest BCUT2D eigenvalue weighted by Gasteiger charge is 2.22. The summed E-state index contributed by atoms with van der Waals surface area (Å²) < 4.78 is 27.6. The summed E-state index contributed by atoms with van der Waals surface area (Å²) in [4.78, 5) is 28.2. The molecule has 8 nitrogen and oxygen atoms in total. The lowest BCUT2D eigenvalue weighted by atomic mass is 9.99. The molecule has 0 saturated carbocycles. The Kier molecular flexibility index (Phi) is 9.42. The number of nitrogens with zero attached hydrogens (tertiary/aromatic N) is 1. The van der Waals surface area contributed by atoms with Gasteiger partial charge in [0.05, 0.1) is 11.5 Å². The van der Waals surface area contributed by atoms with Crippen LogP contribution in [-0.4, -0.2) is 31.4 Å². The third kappa shape index (κ3) is 7.72. The molecule has 4 aromatic carbocycles. The smallest absolute Gasteiger partial charge is 0.326 e. The molecule has 0 saturated heterocycles. The number of nitrogens with one attached hydrogen (secondary N) is 2. The minimum atomic E-state index is -3.88. The topological polar surface area (TPSA) is 117 Å². The molecule has 0 fully saturated rings. The van der Waals surface area contributed by atoms with Gasteiger partial charge in [-0.25, -0.2) is 22.8 Å². The third-order valence-corrected chi connectivity index (χ3v) is 7.98. The summed E-state index contributed by atoms with van der Waals surface area (Å²) in [6.45, 7) is 7.29. The zero-order valence-corrected chi connectivity index (χ0v) is 23.7. The Balaban J connectivity index is 1.38. The number of rotatable bonds is 10. The molecule has 0 heterocycles. The number of hydrogen-bond acceptors (Lipinski definition) is 4. The Bertz CT molecular complexity index is 1720. The Labute approximate surface area is 247 Å². The molecule has 1 atom stereocenters. The summed E-state index contributed by atoms with van der Waals surface area (Å²) in [5.74, 6) is -1.77. The summed E-state index contributed by atoms with van der Waals surface area (Å²) in [6.07, 6.45) is 0.0548. The van der Waals surface area contributed by atoms with Crippen LogP contribution in [0.4, 0.5) is 5.69 Å². The van der Waals surface area contributed by atoms with Gasteiger partial charge in [0.1, 0.15) is 6.04 Å². The van der Waals surface area contributed by atoms with E-state index in [4.69, 9.17) is 29.8 Å². The number of benzene rings is 4. The number of hydrogen-bond donors (Lipinski definition) is 3. The number of amides is 1. The second kappa shape index (κ2) is 13.0. The number of para-hydroxylation sites is 1. The van der Waals surface area contributed by atoms with Crippen LogP contribution in [0.2, 0.25) is 10.0 Å². The summed E-state index contributed by atoms with van der Waals surface area (Å²) in [7, 11) is -3.88. The van der Waals surface area contributed by atoms with Crippen molar-refractivity contribution >= 4 is 50.8 Å². The molecule has 0 aromatic heterocycles. The zero-order chi connectivity index (χ0) is 29.6. The summed E-state index contributed by atoms with van der Waals surface area (Å²) >= 11 is 11.8. The van der Waals surface area contributed by atoms with Crippen LogP contribution in [0.3, 0.4) is 0 Å². The Morgan fingerprint density at radius 2 is 1.49 bits per heavy atom. The fourth-order valence-electron chi connectivity index (χ4n) is 4.03. The van der Waals surface area contributed by atoms with Gasteiger partial charge in [0, 0.05) is 28.6 Å². The quantitative estimate of drug-likeness (QED) is 0.188. The second-order valence-corrected chi connectivity index (χ2v) is 11.7. The van der Waals surface area contributed by atoms with Crippen molar-refractivity contribution in [2.45, 2.75) is 23.9 Å². The molecule has 0 unspecified atom stereocenters. The predicted octanol–water partition coefficient (Wildman–Crippen LogP) is 6.12. The Morgan fingerprint density at radius 1 is 0.878 bits per heavy atom. The fourth-order valence-corrected chi connectivity index (χ4v) is 5.78. The van der Waals surface area contributed by atoms with Gasteiger partial charge in [-0.1, -0.05) is 83.9 Å². The SMILES string of the molecule is [C-]#[N+]c1ccccc1-c1ccc(C[C@H](NC(=O)c2ccc(CNS(=O)(=O)c3cc(Cl)cc(Cl)c3)cc2)C(=O)O)cc1. The molecular formula is C30H23Cl2N3O5S. The first-order chi connectivity index (χ1) is 19.6. The minimum absolute atomic E-state index is 0.0531. The van der Waals surface area contributed by atoms with Gasteiger partial charge in [0.15, 0.2) is 5.69 Å². The van der Waals surface area contributed by atoms with Gasteiger partial charge in [0.25, 0.3) is 5.91 Å².